The average molecular weight is 380 g/mol. The predicted octanol–water partition coefficient (Wildman–Crippen LogP) is 4.78. The number of rotatable bonds is 4. The van der Waals surface area contributed by atoms with E-state index in [0.717, 1.165) is 11.3 Å². The summed E-state index contributed by atoms with van der Waals surface area (Å²) in [5.41, 5.74) is 2.41. The molecule has 2 aromatic heterocycles. The number of anilines is 1. The van der Waals surface area contributed by atoms with Crippen molar-refractivity contribution >= 4 is 23.0 Å². The smallest absolute Gasteiger partial charge is 0.174 e. The van der Waals surface area contributed by atoms with Crippen molar-refractivity contribution < 1.29 is 4.39 Å². The first kappa shape index (κ1) is 17.7. The monoisotopic (exact) mass is 380 g/mol. The van der Waals surface area contributed by atoms with Crippen molar-refractivity contribution in [3.05, 3.63) is 84.2 Å². The highest BCUT2D eigenvalue weighted by Crippen LogP contribution is 2.42. The third-order valence-electron chi connectivity index (χ3n) is 4.89. The van der Waals surface area contributed by atoms with E-state index in [0.29, 0.717) is 16.8 Å². The number of benzene rings is 1. The van der Waals surface area contributed by atoms with E-state index in [-0.39, 0.29) is 17.9 Å². The van der Waals surface area contributed by atoms with Crippen molar-refractivity contribution in [1.29, 1.82) is 0 Å². The molecule has 4 rings (SSSR count). The lowest BCUT2D eigenvalue weighted by atomic mass is 9.98. The summed E-state index contributed by atoms with van der Waals surface area (Å²) in [7, 11) is 0. The van der Waals surface area contributed by atoms with Crippen LogP contribution in [0.25, 0.3) is 0 Å². The van der Waals surface area contributed by atoms with E-state index in [9.17, 15) is 4.39 Å². The summed E-state index contributed by atoms with van der Waals surface area (Å²) in [4.78, 5) is 6.38. The van der Waals surface area contributed by atoms with Gasteiger partial charge in [0.15, 0.2) is 5.11 Å². The van der Waals surface area contributed by atoms with Crippen molar-refractivity contribution in [1.82, 2.24) is 14.9 Å². The van der Waals surface area contributed by atoms with Gasteiger partial charge < -0.3 is 14.8 Å². The molecular formula is C21H21FN4S. The zero-order valence-electron chi connectivity index (χ0n) is 15.2. The van der Waals surface area contributed by atoms with Crippen LogP contribution in [-0.4, -0.2) is 14.7 Å². The topological polar surface area (TPSA) is 33.1 Å². The van der Waals surface area contributed by atoms with Gasteiger partial charge in [0, 0.05) is 24.6 Å². The molecule has 0 saturated carbocycles. The van der Waals surface area contributed by atoms with Crippen molar-refractivity contribution in [2.75, 3.05) is 4.90 Å². The van der Waals surface area contributed by atoms with Gasteiger partial charge in [-0.05, 0) is 62.0 Å². The van der Waals surface area contributed by atoms with Crippen LogP contribution in [0.4, 0.5) is 10.1 Å². The van der Waals surface area contributed by atoms with Crippen LogP contribution in [0.5, 0.6) is 0 Å². The Kier molecular flexibility index (Phi) is 4.66. The molecule has 1 aliphatic rings. The fraction of sp³-hybridized carbons (Fsp3) is 0.238. The fourth-order valence-electron chi connectivity index (χ4n) is 3.53. The highest BCUT2D eigenvalue weighted by Gasteiger charge is 2.41. The minimum Gasteiger partial charge on any atom is -0.351 e. The molecule has 3 heterocycles. The molecule has 2 atom stereocenters. The van der Waals surface area contributed by atoms with Crippen LogP contribution in [-0.2, 0) is 0 Å². The number of nitrogens with zero attached hydrogens (tertiary/aromatic N) is 3. The number of nitrogens with one attached hydrogen (secondary N) is 1. The zero-order chi connectivity index (χ0) is 19.0. The van der Waals surface area contributed by atoms with Crippen LogP contribution in [0.2, 0.25) is 0 Å². The number of halogens is 1. The second kappa shape index (κ2) is 7.12. The summed E-state index contributed by atoms with van der Waals surface area (Å²) in [6.45, 7) is 4.26. The van der Waals surface area contributed by atoms with Gasteiger partial charge in [0.05, 0.1) is 23.5 Å². The molecule has 3 aromatic rings. The summed E-state index contributed by atoms with van der Waals surface area (Å²) in [6, 6.07) is 14.6. The van der Waals surface area contributed by atoms with E-state index >= 15 is 0 Å². The third kappa shape index (κ3) is 3.21. The van der Waals surface area contributed by atoms with Crippen LogP contribution < -0.4 is 10.2 Å². The second-order valence-corrected chi connectivity index (χ2v) is 7.32. The molecule has 0 bridgehead atoms. The van der Waals surface area contributed by atoms with Crippen molar-refractivity contribution in [3.63, 3.8) is 0 Å². The summed E-state index contributed by atoms with van der Waals surface area (Å²) < 4.78 is 16.8. The van der Waals surface area contributed by atoms with Gasteiger partial charge in [0.2, 0.25) is 0 Å². The minimum absolute atomic E-state index is 0.165. The molecular weight excluding hydrogens is 359 g/mol. The largest absolute Gasteiger partial charge is 0.351 e. The molecule has 27 heavy (non-hydrogen) atoms. The normalized spacial score (nSPS) is 19.6. The third-order valence-corrected chi connectivity index (χ3v) is 5.20. The van der Waals surface area contributed by atoms with Gasteiger partial charge in [0.1, 0.15) is 5.82 Å². The van der Waals surface area contributed by atoms with Crippen molar-refractivity contribution in [2.45, 2.75) is 32.0 Å². The molecule has 0 radical (unpaired) electrons. The van der Waals surface area contributed by atoms with E-state index in [1.54, 1.807) is 18.3 Å². The minimum atomic E-state index is -0.295. The number of hydrogen-bond acceptors (Lipinski definition) is 2. The molecule has 1 fully saturated rings. The van der Waals surface area contributed by atoms with Crippen molar-refractivity contribution in [2.24, 2.45) is 0 Å². The zero-order valence-corrected chi connectivity index (χ0v) is 16.0. The van der Waals surface area contributed by atoms with Gasteiger partial charge in [0.25, 0.3) is 0 Å². The predicted molar refractivity (Wildman–Crippen MR) is 109 cm³/mol. The van der Waals surface area contributed by atoms with Gasteiger partial charge in [-0.2, -0.15) is 0 Å². The molecule has 1 aromatic carbocycles. The number of hydrogen-bond donors (Lipinski definition) is 1. The maximum absolute atomic E-state index is 14.6. The maximum Gasteiger partial charge on any atom is 0.174 e. The lowest BCUT2D eigenvalue weighted by Crippen LogP contribution is -2.30. The van der Waals surface area contributed by atoms with Gasteiger partial charge in [-0.25, -0.2) is 4.39 Å². The van der Waals surface area contributed by atoms with Crippen LogP contribution >= 0.6 is 12.2 Å². The Hall–Kier alpha value is -2.73. The Morgan fingerprint density at radius 3 is 2.56 bits per heavy atom. The van der Waals surface area contributed by atoms with E-state index in [4.69, 9.17) is 12.2 Å². The standard InChI is InChI=1S/C21H21FN4S/c1-14(2)25-12-10-15(13-25)20-19(17-8-5-6-11-23-17)24-21(27)26(20)18-9-4-3-7-16(18)22/h3-14,19-20H,1-2H3,(H,24,27)/t19-,20+/m0/s1. The van der Waals surface area contributed by atoms with Crippen LogP contribution in [0.3, 0.4) is 0 Å². The Labute approximate surface area is 163 Å². The van der Waals surface area contributed by atoms with Gasteiger partial charge >= 0.3 is 0 Å². The number of thiocarbonyl (C=S) groups is 1. The quantitative estimate of drug-likeness (QED) is 0.661. The van der Waals surface area contributed by atoms with Crippen molar-refractivity contribution in [3.8, 4) is 0 Å². The SMILES string of the molecule is CC(C)n1ccc([C@@H]2[C@H](c3ccccn3)NC(=S)N2c2ccccc2F)c1. The Morgan fingerprint density at radius 2 is 1.89 bits per heavy atom. The fourth-order valence-corrected chi connectivity index (χ4v) is 3.87. The van der Waals surface area contributed by atoms with E-state index < -0.39 is 0 Å². The number of pyridine rings is 1. The molecule has 1 N–H and O–H groups in total. The van der Waals surface area contributed by atoms with E-state index in [2.05, 4.69) is 47.2 Å². The number of para-hydroxylation sites is 1. The first-order chi connectivity index (χ1) is 13.1. The summed E-state index contributed by atoms with van der Waals surface area (Å²) >= 11 is 5.61. The summed E-state index contributed by atoms with van der Waals surface area (Å²) in [6.07, 6.45) is 5.92. The molecule has 0 spiro atoms. The molecule has 138 valence electrons. The Morgan fingerprint density at radius 1 is 1.11 bits per heavy atom. The Balaban J connectivity index is 1.84. The average Bonchev–Trinajstić information content (AvgIpc) is 3.28. The molecule has 1 saturated heterocycles. The lowest BCUT2D eigenvalue weighted by molar-refractivity contribution is 0.552. The molecule has 1 aliphatic heterocycles. The molecule has 0 aliphatic carbocycles. The number of aromatic nitrogens is 2. The van der Waals surface area contributed by atoms with Gasteiger partial charge in [-0.3, -0.25) is 4.98 Å². The first-order valence-electron chi connectivity index (χ1n) is 8.99. The molecule has 0 amide bonds. The lowest BCUT2D eigenvalue weighted by Gasteiger charge is -2.27. The van der Waals surface area contributed by atoms with Gasteiger partial charge in [-0.15, -0.1) is 0 Å². The van der Waals surface area contributed by atoms with Crippen LogP contribution in [0.1, 0.15) is 43.2 Å². The maximum atomic E-state index is 14.6. The van der Waals surface area contributed by atoms with Gasteiger partial charge in [-0.1, -0.05) is 18.2 Å². The summed E-state index contributed by atoms with van der Waals surface area (Å²) in [5.74, 6) is -0.295. The second-order valence-electron chi connectivity index (χ2n) is 6.93. The first-order valence-corrected chi connectivity index (χ1v) is 9.39. The van der Waals surface area contributed by atoms with Crippen LogP contribution in [0, 0.1) is 5.82 Å². The summed E-state index contributed by atoms with van der Waals surface area (Å²) in [5, 5.41) is 3.85. The highest BCUT2D eigenvalue weighted by molar-refractivity contribution is 7.80. The van der Waals surface area contributed by atoms with E-state index in [1.165, 1.54) is 6.07 Å². The van der Waals surface area contributed by atoms with E-state index in [1.807, 2.05) is 29.2 Å². The molecule has 6 heteroatoms. The highest BCUT2D eigenvalue weighted by atomic mass is 32.1. The molecule has 4 nitrogen and oxygen atoms in total. The Bertz CT molecular complexity index is 954. The molecule has 0 unspecified atom stereocenters. The van der Waals surface area contributed by atoms with Crippen LogP contribution in [0.15, 0.2) is 67.1 Å².